The van der Waals surface area contributed by atoms with Crippen molar-refractivity contribution in [1.82, 2.24) is 0 Å². The van der Waals surface area contributed by atoms with E-state index in [0.717, 1.165) is 0 Å². The van der Waals surface area contributed by atoms with Crippen LogP contribution >= 0.6 is 0 Å². The molecule has 1 aliphatic heterocycles. The monoisotopic (exact) mass is 342 g/mol. The quantitative estimate of drug-likeness (QED) is 0.312. The summed E-state index contributed by atoms with van der Waals surface area (Å²) in [5, 5.41) is 0. The Morgan fingerprint density at radius 2 is 1.18 bits per heavy atom. The molecule has 0 aliphatic carbocycles. The molecule has 122 valence electrons. The van der Waals surface area contributed by atoms with Crippen molar-refractivity contribution in [3.05, 3.63) is 34.4 Å². The van der Waals surface area contributed by atoms with E-state index < -0.39 is 58.3 Å². The first-order chi connectivity index (χ1) is 9.76. The molecule has 12 heteroatoms. The topological polar surface area (TPSA) is 26.3 Å². The first-order valence-corrected chi connectivity index (χ1v) is 5.00. The van der Waals surface area contributed by atoms with Gasteiger partial charge in [-0.15, -0.1) is 0 Å². The van der Waals surface area contributed by atoms with Gasteiger partial charge in [-0.1, -0.05) is 0 Å². The van der Waals surface area contributed by atoms with Crippen molar-refractivity contribution in [2.24, 2.45) is 0 Å². The van der Waals surface area contributed by atoms with E-state index in [9.17, 15) is 48.7 Å². The number of carbonyl (C=O) groups excluding carboxylic acids is 1. The summed E-state index contributed by atoms with van der Waals surface area (Å²) in [6, 6.07) is 0. The van der Waals surface area contributed by atoms with Gasteiger partial charge in [0.15, 0.2) is 23.3 Å². The molecule has 0 amide bonds. The smallest absolute Gasteiger partial charge is 0.394 e. The van der Waals surface area contributed by atoms with Gasteiger partial charge in [-0.25, -0.2) is 26.7 Å². The Balaban J connectivity index is 3.05. The number of halogens is 10. The number of hydrogen-bond donors (Lipinski definition) is 0. The minimum absolute atomic E-state index is 2.81. The van der Waals surface area contributed by atoms with Crippen molar-refractivity contribution >= 4 is 5.97 Å². The van der Waals surface area contributed by atoms with Crippen LogP contribution < -0.4 is 0 Å². The summed E-state index contributed by atoms with van der Waals surface area (Å²) < 4.78 is 134. The van der Waals surface area contributed by atoms with Crippen LogP contribution in [0, 0.1) is 23.3 Å². The van der Waals surface area contributed by atoms with Gasteiger partial charge in [0.2, 0.25) is 0 Å². The lowest BCUT2D eigenvalue weighted by atomic mass is 9.86. The van der Waals surface area contributed by atoms with E-state index in [1.807, 2.05) is 0 Å². The molecule has 0 radical (unpaired) electrons. The van der Waals surface area contributed by atoms with E-state index in [1.165, 1.54) is 0 Å². The molecule has 2 rings (SSSR count). The molecule has 1 aromatic rings. The van der Waals surface area contributed by atoms with E-state index in [-0.39, 0.29) is 0 Å². The fourth-order valence-corrected chi connectivity index (χ4v) is 1.83. The van der Waals surface area contributed by atoms with Crippen molar-refractivity contribution < 1.29 is 53.4 Å². The fourth-order valence-electron chi connectivity index (χ4n) is 1.83. The molecular weight excluding hydrogens is 342 g/mol. The maximum atomic E-state index is 13.9. The Morgan fingerprint density at radius 3 is 1.59 bits per heavy atom. The van der Waals surface area contributed by atoms with Crippen LogP contribution in [0.15, 0.2) is 0 Å². The number of alkyl halides is 6. The highest BCUT2D eigenvalue weighted by Crippen LogP contribution is 2.54. The van der Waals surface area contributed by atoms with Gasteiger partial charge in [0.25, 0.3) is 0 Å². The van der Waals surface area contributed by atoms with Gasteiger partial charge in [-0.2, -0.15) is 22.0 Å². The van der Waals surface area contributed by atoms with Crippen LogP contribution in [0.4, 0.5) is 43.9 Å². The van der Waals surface area contributed by atoms with Crippen molar-refractivity contribution in [2.45, 2.75) is 18.0 Å². The van der Waals surface area contributed by atoms with E-state index in [1.54, 1.807) is 0 Å². The molecule has 1 aliphatic rings. The lowest BCUT2D eigenvalue weighted by Gasteiger charge is -2.35. The molecular formula is C10F10O2. The predicted octanol–water partition coefficient (Wildman–Crippen LogP) is 3.58. The maximum absolute atomic E-state index is 13.9. The standard InChI is InChI=1S/C10F10O2/c11-3-1-2(4(12)6(14)5(3)13)9(16,17)22-7(21)8(1,15)10(18,19)20. The van der Waals surface area contributed by atoms with Crippen molar-refractivity contribution in [1.29, 1.82) is 0 Å². The Hall–Kier alpha value is -2.01. The number of esters is 1. The second-order valence-corrected chi connectivity index (χ2v) is 4.07. The molecule has 1 atom stereocenters. The zero-order valence-electron chi connectivity index (χ0n) is 9.60. The highest BCUT2D eigenvalue weighted by atomic mass is 19.4. The SMILES string of the molecule is O=C1OC(F)(F)c2c(F)c(F)c(F)c(F)c2C1(F)C(F)(F)F. The molecule has 1 unspecified atom stereocenters. The van der Waals surface area contributed by atoms with Gasteiger partial charge in [-0.05, 0) is 0 Å². The second-order valence-electron chi connectivity index (χ2n) is 4.07. The van der Waals surface area contributed by atoms with Gasteiger partial charge < -0.3 is 4.74 Å². The van der Waals surface area contributed by atoms with E-state index in [4.69, 9.17) is 0 Å². The van der Waals surface area contributed by atoms with E-state index >= 15 is 0 Å². The third-order valence-electron chi connectivity index (χ3n) is 2.80. The molecule has 0 aromatic heterocycles. The lowest BCUT2D eigenvalue weighted by molar-refractivity contribution is -0.296. The van der Waals surface area contributed by atoms with E-state index in [2.05, 4.69) is 4.74 Å². The highest BCUT2D eigenvalue weighted by Gasteiger charge is 2.73. The second kappa shape index (κ2) is 4.26. The zero-order valence-corrected chi connectivity index (χ0v) is 9.60. The van der Waals surface area contributed by atoms with Crippen molar-refractivity contribution in [3.8, 4) is 0 Å². The van der Waals surface area contributed by atoms with Crippen LogP contribution in [0.2, 0.25) is 0 Å². The summed E-state index contributed by atoms with van der Waals surface area (Å²) in [5.41, 5.74) is -11.5. The van der Waals surface area contributed by atoms with Gasteiger partial charge in [-0.3, -0.25) is 0 Å². The largest absolute Gasteiger partial charge is 0.438 e. The number of carbonyl (C=O) groups is 1. The summed E-state index contributed by atoms with van der Waals surface area (Å²) in [5.74, 6) is -15.4. The van der Waals surface area contributed by atoms with Crippen LogP contribution in [0.5, 0.6) is 0 Å². The Labute approximate surface area is 113 Å². The number of benzene rings is 1. The molecule has 0 fully saturated rings. The van der Waals surface area contributed by atoms with Crippen LogP contribution in [0.3, 0.4) is 0 Å². The van der Waals surface area contributed by atoms with Gasteiger partial charge >= 0.3 is 23.9 Å². The fraction of sp³-hybridized carbons (Fsp3) is 0.300. The van der Waals surface area contributed by atoms with Crippen LogP contribution in [0.25, 0.3) is 0 Å². The molecule has 2 nitrogen and oxygen atoms in total. The van der Waals surface area contributed by atoms with Crippen molar-refractivity contribution in [3.63, 3.8) is 0 Å². The average Bonchev–Trinajstić information content (AvgIpc) is 2.35. The summed E-state index contributed by atoms with van der Waals surface area (Å²) in [6.45, 7) is 0. The van der Waals surface area contributed by atoms with Gasteiger partial charge in [0.05, 0.1) is 5.56 Å². The molecule has 0 bridgehead atoms. The number of fused-ring (bicyclic) bond motifs is 1. The molecule has 1 aromatic carbocycles. The minimum atomic E-state index is -6.41. The normalized spacial score (nSPS) is 24.0. The molecule has 1 heterocycles. The molecule has 22 heavy (non-hydrogen) atoms. The van der Waals surface area contributed by atoms with Crippen LogP contribution in [-0.2, 0) is 21.3 Å². The third kappa shape index (κ3) is 1.78. The summed E-state index contributed by atoms with van der Waals surface area (Å²) in [4.78, 5) is 10.9. The first kappa shape index (κ1) is 16.4. The predicted molar refractivity (Wildman–Crippen MR) is 45.1 cm³/mol. The third-order valence-corrected chi connectivity index (χ3v) is 2.80. The number of ether oxygens (including phenoxy) is 1. The highest BCUT2D eigenvalue weighted by molar-refractivity contribution is 5.85. The first-order valence-electron chi connectivity index (χ1n) is 5.00. The molecule has 0 N–H and O–H groups in total. The zero-order chi connectivity index (χ0) is 17.2. The molecule has 0 spiro atoms. The Bertz CT molecular complexity index is 680. The van der Waals surface area contributed by atoms with E-state index in [0.29, 0.717) is 0 Å². The Kier molecular flexibility index (Phi) is 3.17. The molecule has 0 saturated carbocycles. The number of cyclic esters (lactones) is 1. The van der Waals surface area contributed by atoms with Crippen molar-refractivity contribution in [2.75, 3.05) is 0 Å². The van der Waals surface area contributed by atoms with Gasteiger partial charge in [0.1, 0.15) is 5.56 Å². The summed E-state index contributed by atoms with van der Waals surface area (Å²) in [7, 11) is 0. The molecule has 0 saturated heterocycles. The van der Waals surface area contributed by atoms with Gasteiger partial charge in [0, 0.05) is 0 Å². The minimum Gasteiger partial charge on any atom is -0.394 e. The maximum Gasteiger partial charge on any atom is 0.438 e. The Morgan fingerprint density at radius 1 is 0.773 bits per heavy atom. The van der Waals surface area contributed by atoms with Crippen LogP contribution in [-0.4, -0.2) is 12.1 Å². The summed E-state index contributed by atoms with van der Waals surface area (Å²) in [6.07, 6.45) is -11.8. The number of rotatable bonds is 0. The summed E-state index contributed by atoms with van der Waals surface area (Å²) >= 11 is 0. The average molecular weight is 342 g/mol. The van der Waals surface area contributed by atoms with Crippen LogP contribution in [0.1, 0.15) is 11.1 Å². The lowest BCUT2D eigenvalue weighted by Crippen LogP contribution is -2.54. The number of hydrogen-bond acceptors (Lipinski definition) is 2.